The third-order valence-electron chi connectivity index (χ3n) is 2.97. The summed E-state index contributed by atoms with van der Waals surface area (Å²) in [5, 5.41) is 5.33. The molecular formula is C12H21Cl2N3OS. The van der Waals surface area contributed by atoms with Crippen LogP contribution >= 0.6 is 36.2 Å². The zero-order valence-corrected chi connectivity index (χ0v) is 13.5. The van der Waals surface area contributed by atoms with E-state index >= 15 is 0 Å². The van der Waals surface area contributed by atoms with E-state index in [1.807, 2.05) is 23.4 Å². The summed E-state index contributed by atoms with van der Waals surface area (Å²) < 4.78 is 0. The first-order chi connectivity index (χ1) is 8.25. The van der Waals surface area contributed by atoms with Crippen LogP contribution in [0.1, 0.15) is 4.88 Å². The lowest BCUT2D eigenvalue weighted by Gasteiger charge is -2.28. The van der Waals surface area contributed by atoms with Crippen LogP contribution in [0, 0.1) is 0 Å². The van der Waals surface area contributed by atoms with Crippen LogP contribution in [-0.4, -0.2) is 55.5 Å². The maximum absolute atomic E-state index is 12.0. The summed E-state index contributed by atoms with van der Waals surface area (Å²) in [5.41, 5.74) is 0. The van der Waals surface area contributed by atoms with Crippen molar-refractivity contribution in [1.29, 1.82) is 0 Å². The van der Waals surface area contributed by atoms with Gasteiger partial charge in [-0.15, -0.1) is 36.2 Å². The number of rotatable bonds is 4. The van der Waals surface area contributed by atoms with E-state index in [1.165, 1.54) is 4.88 Å². The lowest BCUT2D eigenvalue weighted by molar-refractivity contribution is -0.131. The van der Waals surface area contributed by atoms with Gasteiger partial charge in [-0.05, 0) is 11.4 Å². The molecule has 7 heteroatoms. The second-order valence-corrected chi connectivity index (χ2v) is 5.39. The normalized spacial score (nSPS) is 15.2. The van der Waals surface area contributed by atoms with Crippen molar-refractivity contribution >= 4 is 42.1 Å². The summed E-state index contributed by atoms with van der Waals surface area (Å²) in [7, 11) is 1.88. The summed E-state index contributed by atoms with van der Waals surface area (Å²) in [6.07, 6.45) is 0. The van der Waals surface area contributed by atoms with Crippen molar-refractivity contribution in [3.05, 3.63) is 22.4 Å². The Morgan fingerprint density at radius 2 is 2.11 bits per heavy atom. The van der Waals surface area contributed by atoms with E-state index in [0.717, 1.165) is 32.7 Å². The van der Waals surface area contributed by atoms with Crippen molar-refractivity contribution < 1.29 is 4.79 Å². The van der Waals surface area contributed by atoms with Crippen LogP contribution in [0.2, 0.25) is 0 Å². The number of amides is 1. The number of halogens is 2. The van der Waals surface area contributed by atoms with Gasteiger partial charge in [0.15, 0.2) is 0 Å². The molecule has 0 radical (unpaired) electrons. The van der Waals surface area contributed by atoms with Crippen molar-refractivity contribution in [3.63, 3.8) is 0 Å². The molecule has 1 N–H and O–H groups in total. The molecule has 1 aromatic rings. The van der Waals surface area contributed by atoms with Gasteiger partial charge < -0.3 is 10.2 Å². The molecule has 1 aliphatic rings. The highest BCUT2D eigenvalue weighted by Crippen LogP contribution is 2.11. The van der Waals surface area contributed by atoms with Gasteiger partial charge in [0.1, 0.15) is 0 Å². The number of likely N-dealkylation sites (N-methyl/N-ethyl adjacent to an activating group) is 1. The number of hydrogen-bond donors (Lipinski definition) is 1. The molecule has 0 saturated carbocycles. The van der Waals surface area contributed by atoms with Crippen molar-refractivity contribution in [1.82, 2.24) is 15.1 Å². The molecule has 1 aromatic heterocycles. The molecule has 1 saturated heterocycles. The standard InChI is InChI=1S/C12H19N3OS.2ClH/c1-14(9-11-3-2-8-17-11)12(16)10-15-6-4-13-5-7-15;;/h2-3,8,13H,4-7,9-10H2,1H3;2*1H. The van der Waals surface area contributed by atoms with Crippen LogP contribution in [-0.2, 0) is 11.3 Å². The predicted octanol–water partition coefficient (Wildman–Crippen LogP) is 1.46. The molecule has 0 aliphatic carbocycles. The summed E-state index contributed by atoms with van der Waals surface area (Å²) in [5.74, 6) is 0.209. The SMILES string of the molecule is CN(Cc1cccs1)C(=O)CN1CCNCC1.Cl.Cl. The maximum atomic E-state index is 12.0. The number of nitrogens with one attached hydrogen (secondary N) is 1. The van der Waals surface area contributed by atoms with E-state index in [1.54, 1.807) is 11.3 Å². The number of thiophene rings is 1. The average Bonchev–Trinajstić information content (AvgIpc) is 2.83. The minimum Gasteiger partial charge on any atom is -0.340 e. The number of hydrogen-bond acceptors (Lipinski definition) is 4. The lowest BCUT2D eigenvalue weighted by atomic mass is 10.3. The maximum Gasteiger partial charge on any atom is 0.236 e. The highest BCUT2D eigenvalue weighted by molar-refractivity contribution is 7.09. The van der Waals surface area contributed by atoms with E-state index in [-0.39, 0.29) is 30.7 Å². The first kappa shape index (κ1) is 18.7. The molecular weight excluding hydrogens is 305 g/mol. The Kier molecular flexibility index (Phi) is 9.39. The van der Waals surface area contributed by atoms with Gasteiger partial charge >= 0.3 is 0 Å². The molecule has 1 fully saturated rings. The molecule has 0 spiro atoms. The minimum atomic E-state index is 0. The Hall–Kier alpha value is -0.330. The highest BCUT2D eigenvalue weighted by Gasteiger charge is 2.16. The van der Waals surface area contributed by atoms with Crippen molar-refractivity contribution in [2.45, 2.75) is 6.54 Å². The van der Waals surface area contributed by atoms with Crippen LogP contribution < -0.4 is 5.32 Å². The van der Waals surface area contributed by atoms with Crippen molar-refractivity contribution in [2.75, 3.05) is 39.8 Å². The van der Waals surface area contributed by atoms with Crippen LogP contribution in [0.4, 0.5) is 0 Å². The first-order valence-electron chi connectivity index (χ1n) is 5.95. The molecule has 0 atom stereocenters. The molecule has 110 valence electrons. The Balaban J connectivity index is 0.00000162. The molecule has 2 rings (SSSR count). The summed E-state index contributed by atoms with van der Waals surface area (Å²) in [6.45, 7) is 5.19. The molecule has 1 aliphatic heterocycles. The van der Waals surface area contributed by atoms with Crippen LogP contribution in [0.25, 0.3) is 0 Å². The molecule has 4 nitrogen and oxygen atoms in total. The largest absolute Gasteiger partial charge is 0.340 e. The zero-order valence-electron chi connectivity index (χ0n) is 11.0. The Morgan fingerprint density at radius 1 is 1.42 bits per heavy atom. The third-order valence-corrected chi connectivity index (χ3v) is 3.83. The Morgan fingerprint density at radius 3 is 2.68 bits per heavy atom. The number of piperazine rings is 1. The number of nitrogens with zero attached hydrogens (tertiary/aromatic N) is 2. The predicted molar refractivity (Wildman–Crippen MR) is 84.6 cm³/mol. The fraction of sp³-hybridized carbons (Fsp3) is 0.583. The van der Waals surface area contributed by atoms with E-state index in [2.05, 4.69) is 16.3 Å². The first-order valence-corrected chi connectivity index (χ1v) is 6.83. The quantitative estimate of drug-likeness (QED) is 0.910. The van der Waals surface area contributed by atoms with Gasteiger partial charge in [0.05, 0.1) is 13.1 Å². The van der Waals surface area contributed by atoms with Crippen LogP contribution in [0.15, 0.2) is 17.5 Å². The van der Waals surface area contributed by atoms with E-state index < -0.39 is 0 Å². The lowest BCUT2D eigenvalue weighted by Crippen LogP contribution is -2.47. The second kappa shape index (κ2) is 9.55. The van der Waals surface area contributed by atoms with Gasteiger partial charge in [-0.1, -0.05) is 6.07 Å². The Bertz CT molecular complexity index is 356. The van der Waals surface area contributed by atoms with Gasteiger partial charge in [-0.2, -0.15) is 0 Å². The molecule has 0 aromatic carbocycles. The van der Waals surface area contributed by atoms with Gasteiger partial charge in [-0.25, -0.2) is 0 Å². The molecule has 2 heterocycles. The average molecular weight is 326 g/mol. The summed E-state index contributed by atoms with van der Waals surface area (Å²) >= 11 is 1.70. The molecule has 19 heavy (non-hydrogen) atoms. The molecule has 0 unspecified atom stereocenters. The van der Waals surface area contributed by atoms with E-state index in [9.17, 15) is 4.79 Å². The minimum absolute atomic E-state index is 0. The fourth-order valence-corrected chi connectivity index (χ4v) is 2.66. The van der Waals surface area contributed by atoms with E-state index in [0.29, 0.717) is 6.54 Å². The van der Waals surface area contributed by atoms with Gasteiger partial charge in [0, 0.05) is 38.1 Å². The molecule has 0 bridgehead atoms. The Labute approximate surface area is 131 Å². The number of carbonyl (C=O) groups excluding carboxylic acids is 1. The molecule has 1 amide bonds. The van der Waals surface area contributed by atoms with E-state index in [4.69, 9.17) is 0 Å². The fourth-order valence-electron chi connectivity index (χ4n) is 1.91. The highest BCUT2D eigenvalue weighted by atomic mass is 35.5. The van der Waals surface area contributed by atoms with Crippen molar-refractivity contribution in [2.24, 2.45) is 0 Å². The zero-order chi connectivity index (χ0) is 12.1. The third kappa shape index (κ3) is 6.10. The number of carbonyl (C=O) groups is 1. The van der Waals surface area contributed by atoms with Crippen LogP contribution in [0.5, 0.6) is 0 Å². The van der Waals surface area contributed by atoms with Crippen LogP contribution in [0.3, 0.4) is 0 Å². The summed E-state index contributed by atoms with van der Waals surface area (Å²) in [4.78, 5) is 17.3. The van der Waals surface area contributed by atoms with Gasteiger partial charge in [0.25, 0.3) is 0 Å². The monoisotopic (exact) mass is 325 g/mol. The second-order valence-electron chi connectivity index (χ2n) is 4.36. The summed E-state index contributed by atoms with van der Waals surface area (Å²) in [6, 6.07) is 4.09. The smallest absolute Gasteiger partial charge is 0.236 e. The van der Waals surface area contributed by atoms with Crippen molar-refractivity contribution in [3.8, 4) is 0 Å². The van der Waals surface area contributed by atoms with Gasteiger partial charge in [0.2, 0.25) is 5.91 Å². The topological polar surface area (TPSA) is 35.6 Å². The van der Waals surface area contributed by atoms with Gasteiger partial charge in [-0.3, -0.25) is 9.69 Å².